The smallest absolute Gasteiger partial charge is 0.341 e. The number of aromatic nitrogens is 3. The maximum absolute atomic E-state index is 12.6. The van der Waals surface area contributed by atoms with E-state index in [9.17, 15) is 9.59 Å². The molecule has 13 heteroatoms. The first-order valence-electron chi connectivity index (χ1n) is 12.1. The Morgan fingerprint density at radius 2 is 1.63 bits per heavy atom. The zero-order valence-corrected chi connectivity index (χ0v) is 23.3. The van der Waals surface area contributed by atoms with Crippen molar-refractivity contribution in [2.45, 2.75) is 5.16 Å². The number of para-hydroxylation sites is 2. The lowest BCUT2D eigenvalue weighted by Gasteiger charge is -2.15. The van der Waals surface area contributed by atoms with Crippen molar-refractivity contribution in [2.75, 3.05) is 33.7 Å². The highest BCUT2D eigenvalue weighted by molar-refractivity contribution is 7.99. The van der Waals surface area contributed by atoms with Crippen LogP contribution >= 0.6 is 11.8 Å². The molecule has 0 unspecified atom stereocenters. The molecule has 0 fully saturated rings. The van der Waals surface area contributed by atoms with Crippen molar-refractivity contribution in [3.8, 4) is 40.1 Å². The van der Waals surface area contributed by atoms with Crippen LogP contribution in [0.3, 0.4) is 0 Å². The summed E-state index contributed by atoms with van der Waals surface area (Å²) in [6.07, 6.45) is 1.38. The minimum absolute atomic E-state index is 0.00524. The number of amides is 1. The Morgan fingerprint density at radius 1 is 0.951 bits per heavy atom. The fraction of sp³-hybridized carbons (Fsp3) is 0.179. The van der Waals surface area contributed by atoms with Crippen molar-refractivity contribution < 1.29 is 33.6 Å². The molecule has 0 spiro atoms. The van der Waals surface area contributed by atoms with E-state index in [0.29, 0.717) is 45.1 Å². The lowest BCUT2D eigenvalue weighted by atomic mass is 10.1. The molecule has 0 atom stereocenters. The van der Waals surface area contributed by atoms with E-state index in [4.69, 9.17) is 24.1 Å². The number of carbonyl (C=O) groups is 2. The van der Waals surface area contributed by atoms with Gasteiger partial charge >= 0.3 is 5.97 Å². The molecule has 1 amide bonds. The molecule has 41 heavy (non-hydrogen) atoms. The van der Waals surface area contributed by atoms with E-state index < -0.39 is 12.6 Å². The number of carboxylic acid groups (broad SMARTS) is 1. The molecule has 0 saturated heterocycles. The van der Waals surface area contributed by atoms with Gasteiger partial charge < -0.3 is 24.1 Å². The first-order chi connectivity index (χ1) is 19.9. The molecule has 0 aliphatic rings. The van der Waals surface area contributed by atoms with E-state index in [1.165, 1.54) is 39.3 Å². The number of hydrazone groups is 1. The molecule has 4 rings (SSSR count). The van der Waals surface area contributed by atoms with Gasteiger partial charge in [-0.05, 0) is 36.4 Å². The minimum atomic E-state index is -1.10. The second kappa shape index (κ2) is 13.8. The standard InChI is InChI=1S/C28H27N5O7S/c1-37-22-13-19(14-23(38-2)26(22)39-3)27-31-32-28(33(27)20-10-5-4-6-11-20)41-17-24(34)30-29-15-18-9-7-8-12-21(18)40-16-25(35)36/h4-15H,16-17H2,1-3H3,(H,30,34)(H,35,36)/b29-15+. The molecule has 2 N–H and O–H groups in total. The maximum Gasteiger partial charge on any atom is 0.341 e. The van der Waals surface area contributed by atoms with Crippen molar-refractivity contribution in [1.82, 2.24) is 20.2 Å². The monoisotopic (exact) mass is 577 g/mol. The fourth-order valence-electron chi connectivity index (χ4n) is 3.76. The zero-order chi connectivity index (χ0) is 29.2. The number of rotatable bonds is 13. The first-order valence-corrected chi connectivity index (χ1v) is 13.1. The second-order valence-electron chi connectivity index (χ2n) is 8.19. The van der Waals surface area contributed by atoms with Crippen molar-refractivity contribution in [2.24, 2.45) is 5.10 Å². The summed E-state index contributed by atoms with van der Waals surface area (Å²) < 4.78 is 23.5. The molecule has 0 bridgehead atoms. The molecule has 212 valence electrons. The van der Waals surface area contributed by atoms with Gasteiger partial charge in [-0.1, -0.05) is 42.1 Å². The van der Waals surface area contributed by atoms with Gasteiger partial charge in [0.1, 0.15) is 5.75 Å². The van der Waals surface area contributed by atoms with Crippen LogP contribution in [0.2, 0.25) is 0 Å². The van der Waals surface area contributed by atoms with Crippen molar-refractivity contribution >= 4 is 29.9 Å². The van der Waals surface area contributed by atoms with Gasteiger partial charge in [0, 0.05) is 16.8 Å². The first kappa shape index (κ1) is 29.0. The summed E-state index contributed by atoms with van der Waals surface area (Å²) in [6, 6.07) is 19.8. The van der Waals surface area contributed by atoms with Crippen LogP contribution in [0.15, 0.2) is 77.0 Å². The number of hydrogen-bond donors (Lipinski definition) is 2. The van der Waals surface area contributed by atoms with Crippen molar-refractivity contribution in [1.29, 1.82) is 0 Å². The molecule has 3 aromatic carbocycles. The third-order valence-electron chi connectivity index (χ3n) is 5.57. The van der Waals surface area contributed by atoms with Gasteiger partial charge in [0.15, 0.2) is 29.1 Å². The molecular formula is C28H27N5O7S. The fourth-order valence-corrected chi connectivity index (χ4v) is 4.51. The predicted molar refractivity (Wildman–Crippen MR) is 152 cm³/mol. The second-order valence-corrected chi connectivity index (χ2v) is 9.14. The largest absolute Gasteiger partial charge is 0.493 e. The number of hydrogen-bond acceptors (Lipinski definition) is 10. The summed E-state index contributed by atoms with van der Waals surface area (Å²) in [6.45, 7) is -0.492. The Bertz CT molecular complexity index is 1520. The van der Waals surface area contributed by atoms with Gasteiger partial charge in [-0.25, -0.2) is 10.2 Å². The van der Waals surface area contributed by atoms with E-state index in [0.717, 1.165) is 5.69 Å². The molecular weight excluding hydrogens is 550 g/mol. The number of thioether (sulfide) groups is 1. The van der Waals surface area contributed by atoms with Crippen LogP contribution in [0, 0.1) is 0 Å². The number of benzene rings is 3. The molecule has 0 radical (unpaired) electrons. The lowest BCUT2D eigenvalue weighted by Crippen LogP contribution is -2.20. The van der Waals surface area contributed by atoms with Gasteiger partial charge in [0.2, 0.25) is 5.75 Å². The van der Waals surface area contributed by atoms with Gasteiger partial charge in [0.25, 0.3) is 5.91 Å². The molecule has 1 heterocycles. The van der Waals surface area contributed by atoms with Crippen LogP contribution in [0.1, 0.15) is 5.56 Å². The highest BCUT2D eigenvalue weighted by Crippen LogP contribution is 2.41. The average Bonchev–Trinajstić information content (AvgIpc) is 3.43. The SMILES string of the molecule is COc1cc(-c2nnc(SCC(=O)N/N=C/c3ccccc3OCC(=O)O)n2-c2ccccc2)cc(OC)c1OC. The Kier molecular flexibility index (Phi) is 9.78. The van der Waals surface area contributed by atoms with Crippen LogP contribution in [0.25, 0.3) is 17.1 Å². The summed E-state index contributed by atoms with van der Waals surface area (Å²) >= 11 is 1.18. The van der Waals surface area contributed by atoms with Gasteiger partial charge in [-0.15, -0.1) is 10.2 Å². The van der Waals surface area contributed by atoms with Crippen LogP contribution in [-0.2, 0) is 9.59 Å². The van der Waals surface area contributed by atoms with Crippen molar-refractivity contribution in [3.63, 3.8) is 0 Å². The molecule has 0 aliphatic carbocycles. The molecule has 12 nitrogen and oxygen atoms in total. The van der Waals surface area contributed by atoms with Crippen LogP contribution in [0.4, 0.5) is 0 Å². The average molecular weight is 578 g/mol. The quantitative estimate of drug-likeness (QED) is 0.137. The van der Waals surface area contributed by atoms with E-state index in [1.54, 1.807) is 36.4 Å². The van der Waals surface area contributed by atoms with Gasteiger partial charge in [-0.2, -0.15) is 5.10 Å². The summed E-state index contributed by atoms with van der Waals surface area (Å²) in [5.41, 5.74) is 4.44. The van der Waals surface area contributed by atoms with Crippen LogP contribution < -0.4 is 24.4 Å². The number of carboxylic acids is 1. The Labute approximate surface area is 239 Å². The number of ether oxygens (including phenoxy) is 4. The van der Waals surface area contributed by atoms with Gasteiger partial charge in [0.05, 0.1) is 33.3 Å². The summed E-state index contributed by atoms with van der Waals surface area (Å²) in [7, 11) is 4.60. The van der Waals surface area contributed by atoms with Crippen LogP contribution in [0.5, 0.6) is 23.0 Å². The lowest BCUT2D eigenvalue weighted by molar-refractivity contribution is -0.139. The van der Waals surface area contributed by atoms with Crippen LogP contribution in [-0.4, -0.2) is 71.7 Å². The summed E-state index contributed by atoms with van der Waals surface area (Å²) in [5.74, 6) is 0.733. The molecule has 4 aromatic rings. The third-order valence-corrected chi connectivity index (χ3v) is 6.50. The van der Waals surface area contributed by atoms with E-state index in [-0.39, 0.29) is 11.7 Å². The highest BCUT2D eigenvalue weighted by Gasteiger charge is 2.21. The van der Waals surface area contributed by atoms with Crippen molar-refractivity contribution in [3.05, 3.63) is 72.3 Å². The Morgan fingerprint density at radius 3 is 2.29 bits per heavy atom. The minimum Gasteiger partial charge on any atom is -0.493 e. The Hall–Kier alpha value is -5.04. The van der Waals surface area contributed by atoms with E-state index in [1.807, 2.05) is 34.9 Å². The summed E-state index contributed by atoms with van der Waals surface area (Å²) in [5, 5.41) is 22.1. The Balaban J connectivity index is 1.54. The normalized spacial score (nSPS) is 10.8. The molecule has 0 saturated carbocycles. The predicted octanol–water partition coefficient (Wildman–Crippen LogP) is 3.67. The summed E-state index contributed by atoms with van der Waals surface area (Å²) in [4.78, 5) is 23.4. The number of carbonyl (C=O) groups excluding carboxylic acids is 1. The zero-order valence-electron chi connectivity index (χ0n) is 22.4. The van der Waals surface area contributed by atoms with Gasteiger partial charge in [-0.3, -0.25) is 9.36 Å². The number of nitrogens with one attached hydrogen (secondary N) is 1. The molecule has 1 aromatic heterocycles. The third kappa shape index (κ3) is 7.13. The van der Waals surface area contributed by atoms with E-state index >= 15 is 0 Å². The number of methoxy groups -OCH3 is 3. The highest BCUT2D eigenvalue weighted by atomic mass is 32.2. The maximum atomic E-state index is 12.6. The number of nitrogens with zero attached hydrogens (tertiary/aromatic N) is 4. The molecule has 0 aliphatic heterocycles. The number of aliphatic carboxylic acids is 1. The van der Waals surface area contributed by atoms with E-state index in [2.05, 4.69) is 20.7 Å². The topological polar surface area (TPSA) is 146 Å².